The fourth-order valence-electron chi connectivity index (χ4n) is 2.17. The summed E-state index contributed by atoms with van der Waals surface area (Å²) < 4.78 is 5.11. The van der Waals surface area contributed by atoms with Gasteiger partial charge in [-0.3, -0.25) is 9.59 Å². The third-order valence-electron chi connectivity index (χ3n) is 3.51. The zero-order valence-corrected chi connectivity index (χ0v) is 14.5. The Labute approximate surface area is 146 Å². The van der Waals surface area contributed by atoms with Gasteiger partial charge < -0.3 is 15.4 Å². The Morgan fingerprint density at radius 3 is 2.54 bits per heavy atom. The van der Waals surface area contributed by atoms with Crippen LogP contribution in [0.15, 0.2) is 41.8 Å². The van der Waals surface area contributed by atoms with Gasteiger partial charge in [-0.2, -0.15) is 0 Å². The van der Waals surface area contributed by atoms with Gasteiger partial charge in [-0.05, 0) is 42.0 Å². The van der Waals surface area contributed by atoms with Crippen LogP contribution >= 0.6 is 11.3 Å². The van der Waals surface area contributed by atoms with E-state index in [1.165, 1.54) is 11.3 Å². The minimum Gasteiger partial charge on any atom is -0.497 e. The lowest BCUT2D eigenvalue weighted by Crippen LogP contribution is -2.28. The van der Waals surface area contributed by atoms with Crippen LogP contribution in [0.5, 0.6) is 5.75 Å². The van der Waals surface area contributed by atoms with E-state index in [4.69, 9.17) is 4.74 Å². The highest BCUT2D eigenvalue weighted by Crippen LogP contribution is 2.11. The molecule has 24 heavy (non-hydrogen) atoms. The first kappa shape index (κ1) is 18.0. The Bertz CT molecular complexity index is 639. The first-order chi connectivity index (χ1) is 11.7. The molecular formula is C18H22N2O3S. The molecule has 1 heterocycles. The molecule has 0 radical (unpaired) electrons. The van der Waals surface area contributed by atoms with E-state index in [-0.39, 0.29) is 11.8 Å². The first-order valence-corrected chi connectivity index (χ1v) is 8.78. The highest BCUT2D eigenvalue weighted by molar-refractivity contribution is 7.12. The molecule has 128 valence electrons. The summed E-state index contributed by atoms with van der Waals surface area (Å²) >= 11 is 1.41. The summed E-state index contributed by atoms with van der Waals surface area (Å²) in [5, 5.41) is 7.57. The van der Waals surface area contributed by atoms with Crippen molar-refractivity contribution in [2.45, 2.75) is 19.3 Å². The van der Waals surface area contributed by atoms with Crippen LogP contribution in [0.2, 0.25) is 0 Å². The molecule has 0 aliphatic carbocycles. The predicted octanol–water partition coefficient (Wildman–Crippen LogP) is 2.63. The Hall–Kier alpha value is -2.34. The summed E-state index contributed by atoms with van der Waals surface area (Å²) in [5.41, 5.74) is 1.15. The molecule has 0 saturated carbocycles. The second-order valence-electron chi connectivity index (χ2n) is 5.28. The van der Waals surface area contributed by atoms with Gasteiger partial charge in [0, 0.05) is 19.5 Å². The summed E-state index contributed by atoms with van der Waals surface area (Å²) in [6, 6.07) is 11.4. The molecular weight excluding hydrogens is 324 g/mol. The van der Waals surface area contributed by atoms with Gasteiger partial charge in [-0.25, -0.2) is 0 Å². The maximum absolute atomic E-state index is 11.8. The Kier molecular flexibility index (Phi) is 7.29. The SMILES string of the molecule is COc1ccc(CCNC(=O)CCCNC(=O)c2cccs2)cc1. The molecule has 0 aliphatic heterocycles. The molecule has 5 nitrogen and oxygen atoms in total. The van der Waals surface area contributed by atoms with Crippen molar-refractivity contribution >= 4 is 23.2 Å². The van der Waals surface area contributed by atoms with Crippen LogP contribution in [0.1, 0.15) is 28.1 Å². The van der Waals surface area contributed by atoms with E-state index >= 15 is 0 Å². The van der Waals surface area contributed by atoms with Gasteiger partial charge >= 0.3 is 0 Å². The van der Waals surface area contributed by atoms with Crippen molar-refractivity contribution in [3.05, 3.63) is 52.2 Å². The first-order valence-electron chi connectivity index (χ1n) is 7.90. The van der Waals surface area contributed by atoms with Crippen molar-refractivity contribution in [3.8, 4) is 5.75 Å². The summed E-state index contributed by atoms with van der Waals surface area (Å²) in [5.74, 6) is 0.756. The Morgan fingerprint density at radius 2 is 1.88 bits per heavy atom. The molecule has 0 aliphatic rings. The predicted molar refractivity (Wildman–Crippen MR) is 95.6 cm³/mol. The Balaban J connectivity index is 1.55. The van der Waals surface area contributed by atoms with Crippen molar-refractivity contribution in [2.24, 2.45) is 0 Å². The van der Waals surface area contributed by atoms with Crippen molar-refractivity contribution in [1.82, 2.24) is 10.6 Å². The van der Waals surface area contributed by atoms with E-state index in [0.717, 1.165) is 17.7 Å². The molecule has 0 atom stereocenters. The number of ether oxygens (including phenoxy) is 1. The molecule has 0 unspecified atom stereocenters. The van der Waals surface area contributed by atoms with Crippen molar-refractivity contribution < 1.29 is 14.3 Å². The number of carbonyl (C=O) groups excluding carboxylic acids is 2. The summed E-state index contributed by atoms with van der Waals surface area (Å²) in [4.78, 5) is 24.2. The number of rotatable bonds is 9. The second kappa shape index (κ2) is 9.72. The standard InChI is InChI=1S/C18H22N2O3S/c1-23-15-8-6-14(7-9-15)10-12-19-17(21)5-2-11-20-18(22)16-4-3-13-24-16/h3-4,6-9,13H,2,5,10-12H2,1H3,(H,19,21)(H,20,22). The number of amides is 2. The van der Waals surface area contributed by atoms with E-state index in [9.17, 15) is 9.59 Å². The molecule has 2 N–H and O–H groups in total. The van der Waals surface area contributed by atoms with Crippen LogP contribution in [0.3, 0.4) is 0 Å². The van der Waals surface area contributed by atoms with E-state index in [0.29, 0.717) is 30.8 Å². The van der Waals surface area contributed by atoms with Crippen LogP contribution < -0.4 is 15.4 Å². The Morgan fingerprint density at radius 1 is 1.08 bits per heavy atom. The van der Waals surface area contributed by atoms with Crippen LogP contribution in [-0.2, 0) is 11.2 Å². The van der Waals surface area contributed by atoms with Gasteiger partial charge in [0.2, 0.25) is 5.91 Å². The molecule has 2 rings (SSSR count). The minimum absolute atomic E-state index is 0.00823. The van der Waals surface area contributed by atoms with Gasteiger partial charge in [0.25, 0.3) is 5.91 Å². The largest absolute Gasteiger partial charge is 0.497 e. The maximum atomic E-state index is 11.8. The maximum Gasteiger partial charge on any atom is 0.261 e. The summed E-state index contributed by atoms with van der Waals surface area (Å²) in [6.07, 6.45) is 1.82. The average Bonchev–Trinajstić information content (AvgIpc) is 3.14. The molecule has 2 aromatic rings. The average molecular weight is 346 g/mol. The summed E-state index contributed by atoms with van der Waals surface area (Å²) in [6.45, 7) is 1.11. The van der Waals surface area contributed by atoms with Gasteiger partial charge in [-0.1, -0.05) is 18.2 Å². The van der Waals surface area contributed by atoms with Gasteiger partial charge in [0.15, 0.2) is 0 Å². The molecule has 1 aromatic carbocycles. The fourth-order valence-corrected chi connectivity index (χ4v) is 2.81. The van der Waals surface area contributed by atoms with Crippen LogP contribution in [0.25, 0.3) is 0 Å². The van der Waals surface area contributed by atoms with Gasteiger partial charge in [0.05, 0.1) is 12.0 Å². The highest BCUT2D eigenvalue weighted by atomic mass is 32.1. The fraction of sp³-hybridized carbons (Fsp3) is 0.333. The third kappa shape index (κ3) is 6.04. The normalized spacial score (nSPS) is 10.2. The number of hydrogen-bond donors (Lipinski definition) is 2. The third-order valence-corrected chi connectivity index (χ3v) is 4.37. The highest BCUT2D eigenvalue weighted by Gasteiger charge is 2.06. The molecule has 0 fully saturated rings. The molecule has 0 saturated heterocycles. The number of methoxy groups -OCH3 is 1. The number of benzene rings is 1. The quantitative estimate of drug-likeness (QED) is 0.686. The number of hydrogen-bond acceptors (Lipinski definition) is 4. The van der Waals surface area contributed by atoms with Crippen LogP contribution in [0, 0.1) is 0 Å². The van der Waals surface area contributed by atoms with Crippen molar-refractivity contribution in [2.75, 3.05) is 20.2 Å². The minimum atomic E-state index is -0.0788. The molecule has 6 heteroatoms. The van der Waals surface area contributed by atoms with E-state index in [1.54, 1.807) is 13.2 Å². The lowest BCUT2D eigenvalue weighted by Gasteiger charge is -2.07. The number of carbonyl (C=O) groups is 2. The molecule has 0 spiro atoms. The van der Waals surface area contributed by atoms with Crippen LogP contribution in [-0.4, -0.2) is 32.0 Å². The molecule has 0 bridgehead atoms. The topological polar surface area (TPSA) is 67.4 Å². The van der Waals surface area contributed by atoms with Crippen molar-refractivity contribution in [3.63, 3.8) is 0 Å². The van der Waals surface area contributed by atoms with E-state index in [1.807, 2.05) is 35.7 Å². The number of thiophene rings is 1. The van der Waals surface area contributed by atoms with E-state index < -0.39 is 0 Å². The zero-order valence-electron chi connectivity index (χ0n) is 13.7. The van der Waals surface area contributed by atoms with E-state index in [2.05, 4.69) is 10.6 Å². The lowest BCUT2D eigenvalue weighted by molar-refractivity contribution is -0.121. The second-order valence-corrected chi connectivity index (χ2v) is 6.23. The lowest BCUT2D eigenvalue weighted by atomic mass is 10.1. The number of nitrogens with one attached hydrogen (secondary N) is 2. The zero-order chi connectivity index (χ0) is 17.2. The molecule has 1 aromatic heterocycles. The van der Waals surface area contributed by atoms with Gasteiger partial charge in [-0.15, -0.1) is 11.3 Å². The van der Waals surface area contributed by atoms with Gasteiger partial charge in [0.1, 0.15) is 5.75 Å². The monoisotopic (exact) mass is 346 g/mol. The van der Waals surface area contributed by atoms with Crippen LogP contribution in [0.4, 0.5) is 0 Å². The molecule has 2 amide bonds. The van der Waals surface area contributed by atoms with Crippen molar-refractivity contribution in [1.29, 1.82) is 0 Å². The summed E-state index contributed by atoms with van der Waals surface area (Å²) in [7, 11) is 1.64. The smallest absolute Gasteiger partial charge is 0.261 e.